The Balaban J connectivity index is 2.52. The normalized spacial score (nSPS) is 12.9. The van der Waals surface area contributed by atoms with Crippen LogP contribution in [-0.2, 0) is 6.42 Å². The first-order chi connectivity index (χ1) is 5.76. The van der Waals surface area contributed by atoms with Gasteiger partial charge in [-0.3, -0.25) is 0 Å². The van der Waals surface area contributed by atoms with Gasteiger partial charge < -0.3 is 15.6 Å². The fraction of sp³-hybridized carbons (Fsp3) is 0.500. The van der Waals surface area contributed by atoms with Gasteiger partial charge in [-0.2, -0.15) is 0 Å². The molecule has 1 aromatic rings. The van der Waals surface area contributed by atoms with E-state index in [9.17, 15) is 0 Å². The summed E-state index contributed by atoms with van der Waals surface area (Å²) >= 11 is 1.56. The smallest absolute Gasteiger partial charge is 0.173 e. The highest BCUT2D eigenvalue weighted by atomic mass is 32.1. The molecule has 1 aromatic heterocycles. The molecule has 1 atom stereocenters. The summed E-state index contributed by atoms with van der Waals surface area (Å²) in [6, 6.07) is 3.72. The molecule has 3 N–H and O–H groups in total. The highest BCUT2D eigenvalue weighted by molar-refractivity contribution is 7.13. The minimum Gasteiger partial charge on any atom is -0.487 e. The van der Waals surface area contributed by atoms with Crippen molar-refractivity contribution >= 4 is 11.3 Å². The molecule has 0 saturated heterocycles. The minimum atomic E-state index is -0.159. The molecule has 0 radical (unpaired) electrons. The van der Waals surface area contributed by atoms with Crippen LogP contribution in [0.15, 0.2) is 12.1 Å². The molecule has 0 amide bonds. The number of thiophene rings is 1. The van der Waals surface area contributed by atoms with Crippen LogP contribution in [0.1, 0.15) is 4.88 Å². The number of nitrogens with two attached hydrogens (primary N) is 1. The van der Waals surface area contributed by atoms with Crippen molar-refractivity contribution in [2.45, 2.75) is 12.5 Å². The fourth-order valence-electron chi connectivity index (χ4n) is 0.901. The van der Waals surface area contributed by atoms with Crippen molar-refractivity contribution < 1.29 is 9.84 Å². The molecule has 0 aliphatic heterocycles. The van der Waals surface area contributed by atoms with Crippen LogP contribution in [0, 0.1) is 0 Å². The lowest BCUT2D eigenvalue weighted by Crippen LogP contribution is -2.26. The summed E-state index contributed by atoms with van der Waals surface area (Å²) < 4.78 is 5.03. The number of aliphatic hydroxyl groups is 1. The number of ether oxygens (including phenoxy) is 1. The lowest BCUT2D eigenvalue weighted by Gasteiger charge is -2.04. The summed E-state index contributed by atoms with van der Waals surface area (Å²) in [6.07, 6.45) is 0.713. The second-order valence-corrected chi connectivity index (χ2v) is 3.70. The summed E-state index contributed by atoms with van der Waals surface area (Å²) in [6.45, 7) is 0.0280. The maximum absolute atomic E-state index is 8.71. The number of hydrogen-bond donors (Lipinski definition) is 2. The predicted molar refractivity (Wildman–Crippen MR) is 49.6 cm³/mol. The van der Waals surface area contributed by atoms with Gasteiger partial charge in [-0.1, -0.05) is 0 Å². The Kier molecular flexibility index (Phi) is 3.52. The molecule has 0 saturated carbocycles. The Bertz CT molecular complexity index is 237. The average Bonchev–Trinajstić information content (AvgIpc) is 2.52. The van der Waals surface area contributed by atoms with E-state index in [0.29, 0.717) is 6.42 Å². The third kappa shape index (κ3) is 2.48. The topological polar surface area (TPSA) is 55.5 Å². The van der Waals surface area contributed by atoms with E-state index < -0.39 is 0 Å². The van der Waals surface area contributed by atoms with Crippen LogP contribution in [0.4, 0.5) is 0 Å². The van der Waals surface area contributed by atoms with E-state index in [0.717, 1.165) is 9.94 Å². The molecular weight excluding hydrogens is 174 g/mol. The fourth-order valence-corrected chi connectivity index (χ4v) is 1.81. The Hall–Kier alpha value is -0.580. The van der Waals surface area contributed by atoms with E-state index in [1.54, 1.807) is 18.4 Å². The summed E-state index contributed by atoms with van der Waals surface area (Å²) in [5.41, 5.74) is 5.57. The van der Waals surface area contributed by atoms with Gasteiger partial charge in [0.25, 0.3) is 0 Å². The molecular formula is C8H13NO2S. The molecule has 68 valence electrons. The first-order valence-corrected chi connectivity index (χ1v) is 4.57. The maximum atomic E-state index is 8.71. The first-order valence-electron chi connectivity index (χ1n) is 3.75. The third-order valence-electron chi connectivity index (χ3n) is 1.54. The van der Waals surface area contributed by atoms with E-state index in [2.05, 4.69) is 0 Å². The van der Waals surface area contributed by atoms with Gasteiger partial charge in [0, 0.05) is 10.9 Å². The van der Waals surface area contributed by atoms with Crippen LogP contribution >= 0.6 is 11.3 Å². The first kappa shape index (κ1) is 9.51. The van der Waals surface area contributed by atoms with Crippen molar-refractivity contribution in [3.63, 3.8) is 0 Å². The molecule has 0 fully saturated rings. The van der Waals surface area contributed by atoms with Gasteiger partial charge in [-0.15, -0.1) is 11.3 Å². The SMILES string of the molecule is COc1ccc(CC(N)CO)s1. The predicted octanol–water partition coefficient (Wildman–Crippen LogP) is 0.619. The average molecular weight is 187 g/mol. The molecule has 0 aromatic carbocycles. The van der Waals surface area contributed by atoms with Crippen molar-refractivity contribution in [1.82, 2.24) is 0 Å². The maximum Gasteiger partial charge on any atom is 0.173 e. The molecule has 0 aliphatic rings. The van der Waals surface area contributed by atoms with Gasteiger partial charge in [-0.25, -0.2) is 0 Å². The van der Waals surface area contributed by atoms with Gasteiger partial charge in [0.1, 0.15) is 0 Å². The molecule has 1 rings (SSSR count). The molecule has 0 spiro atoms. The van der Waals surface area contributed by atoms with E-state index in [1.807, 2.05) is 12.1 Å². The van der Waals surface area contributed by atoms with Gasteiger partial charge in [0.2, 0.25) is 0 Å². The second kappa shape index (κ2) is 4.45. The summed E-state index contributed by atoms with van der Waals surface area (Å²) in [5.74, 6) is 0. The van der Waals surface area contributed by atoms with Gasteiger partial charge in [0.05, 0.1) is 13.7 Å². The third-order valence-corrected chi connectivity index (χ3v) is 2.60. The Morgan fingerprint density at radius 2 is 2.42 bits per heavy atom. The zero-order valence-corrected chi connectivity index (χ0v) is 7.80. The largest absolute Gasteiger partial charge is 0.487 e. The lowest BCUT2D eigenvalue weighted by molar-refractivity contribution is 0.265. The van der Waals surface area contributed by atoms with E-state index >= 15 is 0 Å². The van der Waals surface area contributed by atoms with Crippen molar-refractivity contribution in [3.05, 3.63) is 17.0 Å². The summed E-state index contributed by atoms with van der Waals surface area (Å²) in [7, 11) is 1.64. The quantitative estimate of drug-likeness (QED) is 0.726. The van der Waals surface area contributed by atoms with Crippen LogP contribution in [0.5, 0.6) is 5.06 Å². The lowest BCUT2D eigenvalue weighted by atomic mass is 10.2. The van der Waals surface area contributed by atoms with Gasteiger partial charge >= 0.3 is 0 Å². The summed E-state index contributed by atoms with van der Waals surface area (Å²) in [4.78, 5) is 1.15. The monoisotopic (exact) mass is 187 g/mol. The van der Waals surface area contributed by atoms with E-state index in [-0.39, 0.29) is 12.6 Å². The Morgan fingerprint density at radius 1 is 1.67 bits per heavy atom. The van der Waals surface area contributed by atoms with E-state index in [1.165, 1.54) is 0 Å². The molecule has 3 nitrogen and oxygen atoms in total. The van der Waals surface area contributed by atoms with Gasteiger partial charge in [-0.05, 0) is 18.6 Å². The molecule has 0 bridgehead atoms. The Morgan fingerprint density at radius 3 is 2.92 bits per heavy atom. The zero-order valence-electron chi connectivity index (χ0n) is 6.99. The van der Waals surface area contributed by atoms with Crippen LogP contribution in [0.2, 0.25) is 0 Å². The highest BCUT2D eigenvalue weighted by Crippen LogP contribution is 2.24. The molecule has 1 heterocycles. The summed E-state index contributed by atoms with van der Waals surface area (Å²) in [5, 5.41) is 9.59. The highest BCUT2D eigenvalue weighted by Gasteiger charge is 2.05. The van der Waals surface area contributed by atoms with Crippen molar-refractivity contribution in [2.75, 3.05) is 13.7 Å². The van der Waals surface area contributed by atoms with Crippen LogP contribution in [-0.4, -0.2) is 24.9 Å². The van der Waals surface area contributed by atoms with Crippen LogP contribution < -0.4 is 10.5 Å². The van der Waals surface area contributed by atoms with Crippen LogP contribution in [0.25, 0.3) is 0 Å². The van der Waals surface area contributed by atoms with Crippen molar-refractivity contribution in [1.29, 1.82) is 0 Å². The van der Waals surface area contributed by atoms with Crippen molar-refractivity contribution in [2.24, 2.45) is 5.73 Å². The van der Waals surface area contributed by atoms with Gasteiger partial charge in [0.15, 0.2) is 5.06 Å². The Labute approximate surface area is 75.8 Å². The number of methoxy groups -OCH3 is 1. The molecule has 1 unspecified atom stereocenters. The van der Waals surface area contributed by atoms with E-state index in [4.69, 9.17) is 15.6 Å². The number of aliphatic hydroxyl groups excluding tert-OH is 1. The number of rotatable bonds is 4. The second-order valence-electron chi connectivity index (χ2n) is 2.57. The zero-order chi connectivity index (χ0) is 8.97. The van der Waals surface area contributed by atoms with Crippen LogP contribution in [0.3, 0.4) is 0 Å². The number of hydrogen-bond acceptors (Lipinski definition) is 4. The van der Waals surface area contributed by atoms with Crippen molar-refractivity contribution in [3.8, 4) is 5.06 Å². The standard InChI is InChI=1S/C8H13NO2S/c1-11-8-3-2-7(12-8)4-6(9)5-10/h2-3,6,10H,4-5,9H2,1H3. The molecule has 12 heavy (non-hydrogen) atoms. The minimum absolute atomic E-state index is 0.0280. The molecule has 0 aliphatic carbocycles. The molecule has 4 heteroatoms.